The van der Waals surface area contributed by atoms with Crippen LogP contribution in [0.5, 0.6) is 0 Å². The van der Waals surface area contributed by atoms with E-state index < -0.39 is 22.7 Å². The van der Waals surface area contributed by atoms with E-state index in [0.29, 0.717) is 17.1 Å². The maximum Gasteiger partial charge on any atom is 0.436 e. The third-order valence-electron chi connectivity index (χ3n) is 2.14. The van der Waals surface area contributed by atoms with Crippen molar-refractivity contribution in [3.8, 4) is 0 Å². The lowest BCUT2D eigenvalue weighted by molar-refractivity contribution is -0.141. The molecule has 5 nitrogen and oxygen atoms in total. The summed E-state index contributed by atoms with van der Waals surface area (Å²) in [5.41, 5.74) is 1.40. The van der Waals surface area contributed by atoms with Gasteiger partial charge < -0.3 is 0 Å². The van der Waals surface area contributed by atoms with Crippen LogP contribution in [-0.4, -0.2) is 21.7 Å². The molecule has 0 fully saturated rings. The summed E-state index contributed by atoms with van der Waals surface area (Å²) in [5, 5.41) is 6.49. The first-order valence-corrected chi connectivity index (χ1v) is 6.04. The third-order valence-corrected chi connectivity index (χ3v) is 2.87. The monoisotopic (exact) mass is 300 g/mol. The lowest BCUT2D eigenvalue weighted by atomic mass is 10.2. The molecule has 1 heterocycles. The first-order valence-electron chi connectivity index (χ1n) is 5.26. The van der Waals surface area contributed by atoms with Gasteiger partial charge in [0.05, 0.1) is 6.21 Å². The third kappa shape index (κ3) is 3.38. The lowest BCUT2D eigenvalue weighted by Gasteiger charge is -2.03. The number of hydrogen-bond acceptors (Lipinski definition) is 5. The highest BCUT2D eigenvalue weighted by Gasteiger charge is 2.39. The van der Waals surface area contributed by atoms with Gasteiger partial charge in [0.25, 0.3) is 5.91 Å². The molecular formula is C11H7F3N4OS. The van der Waals surface area contributed by atoms with Gasteiger partial charge in [-0.25, -0.2) is 5.43 Å². The van der Waals surface area contributed by atoms with Crippen molar-refractivity contribution in [2.45, 2.75) is 6.18 Å². The Balaban J connectivity index is 2.07. The van der Waals surface area contributed by atoms with Crippen molar-refractivity contribution in [1.29, 1.82) is 0 Å². The molecule has 1 amide bonds. The van der Waals surface area contributed by atoms with Crippen LogP contribution in [0.2, 0.25) is 0 Å². The lowest BCUT2D eigenvalue weighted by Crippen LogP contribution is -2.21. The quantitative estimate of drug-likeness (QED) is 0.698. The maximum absolute atomic E-state index is 12.5. The Morgan fingerprint density at radius 2 is 2.00 bits per heavy atom. The number of amides is 1. The molecule has 0 atom stereocenters. The SMILES string of the molecule is O=C(NN=Cc1ccccc1)c1snnc1C(F)(F)F. The molecule has 2 rings (SSSR count). The minimum atomic E-state index is -4.72. The van der Waals surface area contributed by atoms with E-state index in [2.05, 4.69) is 14.7 Å². The summed E-state index contributed by atoms with van der Waals surface area (Å²) < 4.78 is 40.7. The Morgan fingerprint density at radius 3 is 2.65 bits per heavy atom. The van der Waals surface area contributed by atoms with Crippen LogP contribution in [0.25, 0.3) is 0 Å². The number of hydrogen-bond donors (Lipinski definition) is 1. The van der Waals surface area contributed by atoms with Gasteiger partial charge >= 0.3 is 6.18 Å². The van der Waals surface area contributed by atoms with Gasteiger partial charge in [-0.1, -0.05) is 34.8 Å². The largest absolute Gasteiger partial charge is 0.436 e. The van der Waals surface area contributed by atoms with Crippen molar-refractivity contribution < 1.29 is 18.0 Å². The molecule has 20 heavy (non-hydrogen) atoms. The fourth-order valence-corrected chi connectivity index (χ4v) is 1.86. The van der Waals surface area contributed by atoms with Crippen LogP contribution in [0.1, 0.15) is 20.9 Å². The van der Waals surface area contributed by atoms with E-state index in [-0.39, 0.29) is 0 Å². The number of nitrogens with one attached hydrogen (secondary N) is 1. The van der Waals surface area contributed by atoms with Gasteiger partial charge in [-0.3, -0.25) is 4.79 Å². The van der Waals surface area contributed by atoms with Gasteiger partial charge in [-0.2, -0.15) is 18.3 Å². The van der Waals surface area contributed by atoms with Crippen molar-refractivity contribution in [3.63, 3.8) is 0 Å². The molecular weight excluding hydrogens is 293 g/mol. The fourth-order valence-electron chi connectivity index (χ4n) is 1.28. The van der Waals surface area contributed by atoms with E-state index in [0.717, 1.165) is 0 Å². The fraction of sp³-hybridized carbons (Fsp3) is 0.0909. The Kier molecular flexibility index (Phi) is 4.08. The number of aromatic nitrogens is 2. The zero-order valence-electron chi connectivity index (χ0n) is 9.76. The first-order chi connectivity index (χ1) is 9.48. The molecule has 1 aromatic carbocycles. The Hall–Kier alpha value is -2.29. The summed E-state index contributed by atoms with van der Waals surface area (Å²) >= 11 is 0.364. The summed E-state index contributed by atoms with van der Waals surface area (Å²) in [6.07, 6.45) is -3.40. The molecule has 0 unspecified atom stereocenters. The zero-order chi connectivity index (χ0) is 14.6. The minimum Gasteiger partial charge on any atom is -0.266 e. The standard InChI is InChI=1S/C11H7F3N4OS/c12-11(13,14)9-8(20-18-16-9)10(19)17-15-6-7-4-2-1-3-5-7/h1-6H,(H,17,19). The van der Waals surface area contributed by atoms with Crippen LogP contribution in [0.4, 0.5) is 13.2 Å². The van der Waals surface area contributed by atoms with Crippen LogP contribution in [0.3, 0.4) is 0 Å². The first kappa shape index (κ1) is 14.1. The predicted molar refractivity (Wildman–Crippen MR) is 66.4 cm³/mol. The van der Waals surface area contributed by atoms with Gasteiger partial charge in [0.2, 0.25) is 0 Å². The van der Waals surface area contributed by atoms with E-state index >= 15 is 0 Å². The Labute approximate surface area is 115 Å². The van der Waals surface area contributed by atoms with Gasteiger partial charge in [0.1, 0.15) is 4.88 Å². The van der Waals surface area contributed by atoms with Crippen molar-refractivity contribution in [2.75, 3.05) is 0 Å². The number of carbonyl (C=O) groups excluding carboxylic acids is 1. The molecule has 0 aliphatic rings. The second-order valence-corrected chi connectivity index (χ2v) is 4.31. The number of hydrazone groups is 1. The molecule has 0 saturated heterocycles. The highest BCUT2D eigenvalue weighted by molar-refractivity contribution is 7.08. The zero-order valence-corrected chi connectivity index (χ0v) is 10.6. The number of benzene rings is 1. The van der Waals surface area contributed by atoms with Crippen molar-refractivity contribution in [1.82, 2.24) is 15.0 Å². The minimum absolute atomic E-state index is 0.364. The van der Waals surface area contributed by atoms with E-state index in [1.165, 1.54) is 6.21 Å². The Bertz CT molecular complexity index is 624. The molecule has 0 aliphatic heterocycles. The average Bonchev–Trinajstić information content (AvgIpc) is 2.89. The second kappa shape index (κ2) is 5.78. The average molecular weight is 300 g/mol. The van der Waals surface area contributed by atoms with Crippen LogP contribution in [-0.2, 0) is 6.18 Å². The summed E-state index contributed by atoms with van der Waals surface area (Å²) in [4.78, 5) is 10.9. The highest BCUT2D eigenvalue weighted by Crippen LogP contribution is 2.31. The molecule has 0 bridgehead atoms. The van der Waals surface area contributed by atoms with Crippen LogP contribution in [0, 0.1) is 0 Å². The van der Waals surface area contributed by atoms with E-state index in [1.54, 1.807) is 30.3 Å². The number of nitrogens with zero attached hydrogens (tertiary/aromatic N) is 3. The summed E-state index contributed by atoms with van der Waals surface area (Å²) in [7, 11) is 0. The van der Waals surface area contributed by atoms with Crippen LogP contribution >= 0.6 is 11.5 Å². The molecule has 2 aromatic rings. The molecule has 0 spiro atoms. The maximum atomic E-state index is 12.5. The molecule has 1 aromatic heterocycles. The van der Waals surface area contributed by atoms with Crippen molar-refractivity contribution >= 4 is 23.7 Å². The molecule has 0 radical (unpaired) electrons. The summed E-state index contributed by atoms with van der Waals surface area (Å²) in [5.74, 6) is -1.00. The van der Waals surface area contributed by atoms with Crippen molar-refractivity contribution in [3.05, 3.63) is 46.5 Å². The van der Waals surface area contributed by atoms with Crippen LogP contribution < -0.4 is 5.43 Å². The highest BCUT2D eigenvalue weighted by atomic mass is 32.1. The number of halogens is 3. The summed E-state index contributed by atoms with van der Waals surface area (Å²) in [6, 6.07) is 8.78. The van der Waals surface area contributed by atoms with Gasteiger partial charge in [0, 0.05) is 0 Å². The van der Waals surface area contributed by atoms with E-state index in [4.69, 9.17) is 0 Å². The number of rotatable bonds is 3. The number of alkyl halides is 3. The molecule has 0 saturated carbocycles. The second-order valence-electron chi connectivity index (χ2n) is 3.56. The van der Waals surface area contributed by atoms with E-state index in [9.17, 15) is 18.0 Å². The predicted octanol–water partition coefficient (Wildman–Crippen LogP) is 2.32. The van der Waals surface area contributed by atoms with Gasteiger partial charge in [-0.15, -0.1) is 5.10 Å². The van der Waals surface area contributed by atoms with Crippen molar-refractivity contribution in [2.24, 2.45) is 5.10 Å². The topological polar surface area (TPSA) is 67.2 Å². The normalized spacial score (nSPS) is 11.8. The van der Waals surface area contributed by atoms with Crippen LogP contribution in [0.15, 0.2) is 35.4 Å². The molecule has 104 valence electrons. The number of carbonyl (C=O) groups is 1. The Morgan fingerprint density at radius 1 is 1.30 bits per heavy atom. The molecule has 0 aliphatic carbocycles. The van der Waals surface area contributed by atoms with E-state index in [1.807, 2.05) is 5.43 Å². The smallest absolute Gasteiger partial charge is 0.266 e. The molecule has 9 heteroatoms. The summed E-state index contributed by atoms with van der Waals surface area (Å²) in [6.45, 7) is 0. The van der Waals surface area contributed by atoms with Gasteiger partial charge in [0.15, 0.2) is 5.69 Å². The van der Waals surface area contributed by atoms with Gasteiger partial charge in [-0.05, 0) is 17.1 Å². The molecule has 1 N–H and O–H groups in total.